The van der Waals surface area contributed by atoms with Gasteiger partial charge < -0.3 is 15.4 Å². The van der Waals surface area contributed by atoms with E-state index in [0.717, 1.165) is 43.5 Å². The molecule has 0 radical (unpaired) electrons. The summed E-state index contributed by atoms with van der Waals surface area (Å²) in [5, 5.41) is 7.51. The number of ether oxygens (including phenoxy) is 1. The Hall–Kier alpha value is -1.98. The molecule has 0 aliphatic heterocycles. The van der Waals surface area contributed by atoms with Gasteiger partial charge in [-0.15, -0.1) is 0 Å². The van der Waals surface area contributed by atoms with Gasteiger partial charge in [-0.3, -0.25) is 4.79 Å². The normalized spacial score (nSPS) is 19.1. The van der Waals surface area contributed by atoms with E-state index in [9.17, 15) is 4.79 Å². The van der Waals surface area contributed by atoms with Crippen molar-refractivity contribution in [1.29, 1.82) is 0 Å². The van der Waals surface area contributed by atoms with Crippen LogP contribution in [0.15, 0.2) is 30.5 Å². The summed E-state index contributed by atoms with van der Waals surface area (Å²) in [5.74, 6) is 0.892. The summed E-state index contributed by atoms with van der Waals surface area (Å²) < 4.78 is 5.07. The average Bonchev–Trinajstić information content (AvgIpc) is 2.69. The lowest BCUT2D eigenvalue weighted by atomic mass is 9.86. The zero-order valence-electron chi connectivity index (χ0n) is 16.1. The first-order valence-electron chi connectivity index (χ1n) is 9.46. The first kappa shape index (κ1) is 20.7. The number of aromatic nitrogens is 1. The fraction of sp³-hybridized carbons (Fsp3) is 0.429. The highest BCUT2D eigenvalue weighted by Gasteiger charge is 2.23. The molecule has 0 bridgehead atoms. The number of nitrogens with one attached hydrogen (secondary N) is 2. The number of aryl methyl sites for hydroxylation is 1. The molecule has 2 aromatic rings. The van der Waals surface area contributed by atoms with Gasteiger partial charge in [0, 0.05) is 12.6 Å². The van der Waals surface area contributed by atoms with E-state index >= 15 is 0 Å². The van der Waals surface area contributed by atoms with Crippen LogP contribution in [0.3, 0.4) is 0 Å². The Labute approximate surface area is 175 Å². The van der Waals surface area contributed by atoms with Crippen LogP contribution in [0.1, 0.15) is 41.6 Å². The summed E-state index contributed by atoms with van der Waals surface area (Å²) in [4.78, 5) is 16.7. The third kappa shape index (κ3) is 5.30. The molecule has 0 spiro atoms. The molecule has 0 unspecified atom stereocenters. The second-order valence-corrected chi connectivity index (χ2v) is 8.08. The summed E-state index contributed by atoms with van der Waals surface area (Å²) in [6.45, 7) is 2.81. The Balaban J connectivity index is 1.46. The Morgan fingerprint density at radius 3 is 2.61 bits per heavy atom. The van der Waals surface area contributed by atoms with Crippen molar-refractivity contribution in [3.05, 3.63) is 51.6 Å². The SMILES string of the molecule is COc1ncc(NCC2CCC(NC(=O)c3cc(C)ccc3Cl)CC2)cc1Cl. The van der Waals surface area contributed by atoms with Crippen molar-refractivity contribution in [2.75, 3.05) is 19.0 Å². The van der Waals surface area contributed by atoms with Gasteiger partial charge >= 0.3 is 0 Å². The van der Waals surface area contributed by atoms with Crippen LogP contribution in [-0.4, -0.2) is 30.6 Å². The molecule has 1 heterocycles. The maximum absolute atomic E-state index is 12.5. The van der Waals surface area contributed by atoms with Gasteiger partial charge in [-0.05, 0) is 56.7 Å². The summed E-state index contributed by atoms with van der Waals surface area (Å²) in [5.41, 5.74) is 2.46. The molecule has 1 saturated carbocycles. The van der Waals surface area contributed by atoms with Gasteiger partial charge in [0.25, 0.3) is 5.91 Å². The van der Waals surface area contributed by atoms with E-state index in [2.05, 4.69) is 15.6 Å². The van der Waals surface area contributed by atoms with Crippen molar-refractivity contribution in [2.45, 2.75) is 38.6 Å². The van der Waals surface area contributed by atoms with Crippen LogP contribution in [0.2, 0.25) is 10.0 Å². The standard InChI is InChI=1S/C21H25Cl2N3O2/c1-13-3-8-18(22)17(9-13)20(27)26-15-6-4-14(5-7-15)11-24-16-10-19(23)21(28-2)25-12-16/h3,8-10,12,14-15,24H,4-7,11H2,1-2H3,(H,26,27). The molecule has 0 atom stereocenters. The number of halogens is 2. The first-order chi connectivity index (χ1) is 13.5. The molecule has 28 heavy (non-hydrogen) atoms. The third-order valence-electron chi connectivity index (χ3n) is 5.14. The van der Waals surface area contributed by atoms with Gasteiger partial charge in [-0.2, -0.15) is 0 Å². The van der Waals surface area contributed by atoms with Crippen LogP contribution in [0.5, 0.6) is 5.88 Å². The van der Waals surface area contributed by atoms with E-state index in [1.54, 1.807) is 19.4 Å². The number of methoxy groups -OCH3 is 1. The second-order valence-electron chi connectivity index (χ2n) is 7.27. The first-order valence-corrected chi connectivity index (χ1v) is 10.2. The minimum atomic E-state index is -0.0887. The highest BCUT2D eigenvalue weighted by atomic mass is 35.5. The van der Waals surface area contributed by atoms with E-state index in [4.69, 9.17) is 27.9 Å². The Kier molecular flexibility index (Phi) is 7.03. The molecular formula is C21H25Cl2N3O2. The zero-order valence-corrected chi connectivity index (χ0v) is 17.6. The molecule has 0 saturated heterocycles. The third-order valence-corrected chi connectivity index (χ3v) is 5.74. The number of hydrogen-bond donors (Lipinski definition) is 2. The van der Waals surface area contributed by atoms with E-state index < -0.39 is 0 Å². The van der Waals surface area contributed by atoms with Crippen LogP contribution < -0.4 is 15.4 Å². The van der Waals surface area contributed by atoms with Crippen molar-refractivity contribution in [3.8, 4) is 5.88 Å². The molecule has 1 fully saturated rings. The number of anilines is 1. The number of nitrogens with zero attached hydrogens (tertiary/aromatic N) is 1. The number of amides is 1. The number of carbonyl (C=O) groups is 1. The summed E-state index contributed by atoms with van der Waals surface area (Å²) in [6, 6.07) is 7.53. The van der Waals surface area contributed by atoms with Crippen molar-refractivity contribution < 1.29 is 9.53 Å². The number of rotatable bonds is 6. The Morgan fingerprint density at radius 2 is 1.93 bits per heavy atom. The Bertz CT molecular complexity index is 836. The van der Waals surface area contributed by atoms with Crippen LogP contribution in [0.4, 0.5) is 5.69 Å². The summed E-state index contributed by atoms with van der Waals surface area (Å²) in [6.07, 6.45) is 5.75. The van der Waals surface area contributed by atoms with E-state index in [-0.39, 0.29) is 11.9 Å². The lowest BCUT2D eigenvalue weighted by Gasteiger charge is -2.29. The molecule has 5 nitrogen and oxygen atoms in total. The molecule has 1 aromatic heterocycles. The molecule has 1 aliphatic carbocycles. The van der Waals surface area contributed by atoms with Crippen LogP contribution >= 0.6 is 23.2 Å². The molecular weight excluding hydrogens is 397 g/mol. The lowest BCUT2D eigenvalue weighted by Crippen LogP contribution is -2.38. The topological polar surface area (TPSA) is 63.2 Å². The van der Waals surface area contributed by atoms with Gasteiger partial charge in [0.2, 0.25) is 5.88 Å². The molecule has 2 N–H and O–H groups in total. The van der Waals surface area contributed by atoms with E-state index in [0.29, 0.717) is 27.4 Å². The summed E-state index contributed by atoms with van der Waals surface area (Å²) >= 11 is 12.3. The van der Waals surface area contributed by atoms with Gasteiger partial charge in [0.05, 0.1) is 29.6 Å². The van der Waals surface area contributed by atoms with Crippen molar-refractivity contribution >= 4 is 34.8 Å². The Morgan fingerprint density at radius 1 is 1.18 bits per heavy atom. The average molecular weight is 422 g/mol. The predicted molar refractivity (Wildman–Crippen MR) is 114 cm³/mol. The van der Waals surface area contributed by atoms with Gasteiger partial charge in [-0.1, -0.05) is 34.8 Å². The molecule has 1 aliphatic rings. The minimum absolute atomic E-state index is 0.0887. The van der Waals surface area contributed by atoms with Gasteiger partial charge in [-0.25, -0.2) is 4.98 Å². The molecule has 7 heteroatoms. The van der Waals surface area contributed by atoms with Crippen molar-refractivity contribution in [3.63, 3.8) is 0 Å². The summed E-state index contributed by atoms with van der Waals surface area (Å²) in [7, 11) is 1.55. The van der Waals surface area contributed by atoms with Gasteiger partial charge in [0.15, 0.2) is 0 Å². The number of hydrogen-bond acceptors (Lipinski definition) is 4. The second kappa shape index (κ2) is 9.48. The highest BCUT2D eigenvalue weighted by Crippen LogP contribution is 2.27. The number of pyridine rings is 1. The predicted octanol–water partition coefficient (Wildman–Crippen LogP) is 5.11. The molecule has 3 rings (SSSR count). The number of carbonyl (C=O) groups excluding carboxylic acids is 1. The maximum Gasteiger partial charge on any atom is 0.253 e. The fourth-order valence-corrected chi connectivity index (χ4v) is 3.97. The van der Waals surface area contributed by atoms with Crippen LogP contribution in [-0.2, 0) is 0 Å². The minimum Gasteiger partial charge on any atom is -0.480 e. The van der Waals surface area contributed by atoms with Crippen molar-refractivity contribution in [1.82, 2.24) is 10.3 Å². The highest BCUT2D eigenvalue weighted by molar-refractivity contribution is 6.33. The quantitative estimate of drug-likeness (QED) is 0.680. The van der Waals surface area contributed by atoms with Crippen LogP contribution in [0, 0.1) is 12.8 Å². The number of benzene rings is 1. The largest absolute Gasteiger partial charge is 0.480 e. The molecule has 1 aromatic carbocycles. The zero-order chi connectivity index (χ0) is 20.1. The van der Waals surface area contributed by atoms with E-state index in [1.165, 1.54) is 0 Å². The smallest absolute Gasteiger partial charge is 0.253 e. The fourth-order valence-electron chi connectivity index (χ4n) is 3.52. The van der Waals surface area contributed by atoms with E-state index in [1.807, 2.05) is 25.1 Å². The van der Waals surface area contributed by atoms with Crippen LogP contribution in [0.25, 0.3) is 0 Å². The maximum atomic E-state index is 12.5. The van der Waals surface area contributed by atoms with Gasteiger partial charge in [0.1, 0.15) is 5.02 Å². The molecule has 150 valence electrons. The lowest BCUT2D eigenvalue weighted by molar-refractivity contribution is 0.0923. The monoisotopic (exact) mass is 421 g/mol. The molecule has 1 amide bonds. The van der Waals surface area contributed by atoms with Crippen molar-refractivity contribution in [2.24, 2.45) is 5.92 Å².